The summed E-state index contributed by atoms with van der Waals surface area (Å²) in [5, 5.41) is 0. The van der Waals surface area contributed by atoms with E-state index in [0.29, 0.717) is 5.41 Å². The van der Waals surface area contributed by atoms with Gasteiger partial charge in [0, 0.05) is 5.56 Å². The van der Waals surface area contributed by atoms with Gasteiger partial charge >= 0.3 is 6.09 Å². The van der Waals surface area contributed by atoms with E-state index in [9.17, 15) is 9.59 Å². The zero-order valence-corrected chi connectivity index (χ0v) is 12.1. The summed E-state index contributed by atoms with van der Waals surface area (Å²) in [7, 11) is 0. The van der Waals surface area contributed by atoms with Crippen molar-refractivity contribution < 1.29 is 14.3 Å². The van der Waals surface area contributed by atoms with Crippen molar-refractivity contribution in [3.8, 4) is 0 Å². The lowest BCUT2D eigenvalue weighted by atomic mass is 9.57. The number of hydrogen-bond donors (Lipinski definition) is 1. The molecule has 4 heteroatoms. The van der Waals surface area contributed by atoms with Crippen LogP contribution in [-0.2, 0) is 11.2 Å². The van der Waals surface area contributed by atoms with E-state index in [-0.39, 0.29) is 5.60 Å². The van der Waals surface area contributed by atoms with E-state index in [2.05, 4.69) is 12.1 Å². The van der Waals surface area contributed by atoms with Gasteiger partial charge in [0.15, 0.2) is 0 Å². The largest absolute Gasteiger partial charge is 0.443 e. The number of aldehydes is 1. The molecule has 1 amide bonds. The van der Waals surface area contributed by atoms with Gasteiger partial charge in [-0.05, 0) is 55.9 Å². The second-order valence-electron chi connectivity index (χ2n) is 6.64. The molecule has 0 spiro atoms. The van der Waals surface area contributed by atoms with Crippen LogP contribution in [0.1, 0.15) is 54.4 Å². The average Bonchev–Trinajstić information content (AvgIpc) is 2.49. The maximum Gasteiger partial charge on any atom is 0.405 e. The van der Waals surface area contributed by atoms with Gasteiger partial charge in [-0.1, -0.05) is 24.3 Å². The van der Waals surface area contributed by atoms with Crippen LogP contribution in [0.2, 0.25) is 0 Å². The molecule has 0 radical (unpaired) electrons. The Labute approximate surface area is 124 Å². The Morgan fingerprint density at radius 1 is 1.10 bits per heavy atom. The number of amides is 1. The molecule has 0 atom stereocenters. The van der Waals surface area contributed by atoms with Crippen molar-refractivity contribution in [2.75, 3.05) is 0 Å². The summed E-state index contributed by atoms with van der Waals surface area (Å²) >= 11 is 0. The average molecular weight is 287 g/mol. The van der Waals surface area contributed by atoms with Gasteiger partial charge in [-0.2, -0.15) is 0 Å². The van der Waals surface area contributed by atoms with Crippen molar-refractivity contribution in [2.45, 2.75) is 50.5 Å². The molecule has 4 nitrogen and oxygen atoms in total. The molecule has 0 aromatic heterocycles. The van der Waals surface area contributed by atoms with Crippen LogP contribution < -0.4 is 5.73 Å². The molecule has 0 unspecified atom stereocenters. The minimum Gasteiger partial charge on any atom is -0.443 e. The highest BCUT2D eigenvalue weighted by molar-refractivity contribution is 5.74. The minimum atomic E-state index is -0.645. The van der Waals surface area contributed by atoms with E-state index in [0.717, 1.165) is 56.8 Å². The summed E-state index contributed by atoms with van der Waals surface area (Å²) in [6, 6.07) is 7.86. The lowest BCUT2D eigenvalue weighted by molar-refractivity contribution is -0.0947. The number of nitrogens with two attached hydrogens (primary N) is 1. The summed E-state index contributed by atoms with van der Waals surface area (Å²) in [5.74, 6) is 0. The zero-order valence-electron chi connectivity index (χ0n) is 12.1. The molecule has 3 aliphatic carbocycles. The van der Waals surface area contributed by atoms with Crippen molar-refractivity contribution in [3.05, 3.63) is 35.4 Å². The van der Waals surface area contributed by atoms with Gasteiger partial charge < -0.3 is 10.5 Å². The van der Waals surface area contributed by atoms with Gasteiger partial charge in [0.2, 0.25) is 0 Å². The summed E-state index contributed by atoms with van der Waals surface area (Å²) in [5.41, 5.74) is 7.23. The number of carbonyl (C=O) groups excluding carboxylic acids is 2. The highest BCUT2D eigenvalue weighted by Crippen LogP contribution is 2.55. The van der Waals surface area contributed by atoms with Crippen LogP contribution >= 0.6 is 0 Å². The van der Waals surface area contributed by atoms with Crippen LogP contribution in [0.15, 0.2) is 24.3 Å². The number of primary amides is 1. The quantitative estimate of drug-likeness (QED) is 0.864. The Balaban J connectivity index is 1.68. The van der Waals surface area contributed by atoms with Gasteiger partial charge in [-0.25, -0.2) is 4.79 Å². The van der Waals surface area contributed by atoms with Crippen molar-refractivity contribution >= 4 is 12.4 Å². The van der Waals surface area contributed by atoms with Crippen molar-refractivity contribution in [3.63, 3.8) is 0 Å². The van der Waals surface area contributed by atoms with E-state index < -0.39 is 6.09 Å². The lowest BCUT2D eigenvalue weighted by Crippen LogP contribution is -2.50. The second-order valence-corrected chi connectivity index (χ2v) is 6.64. The Morgan fingerprint density at radius 2 is 1.67 bits per heavy atom. The molecular formula is C17H21NO3. The Kier molecular flexibility index (Phi) is 3.47. The van der Waals surface area contributed by atoms with Crippen molar-refractivity contribution in [1.29, 1.82) is 0 Å². The Bertz CT molecular complexity index is 525. The summed E-state index contributed by atoms with van der Waals surface area (Å²) in [4.78, 5) is 21.8. The van der Waals surface area contributed by atoms with Crippen LogP contribution in [-0.4, -0.2) is 18.0 Å². The molecule has 21 heavy (non-hydrogen) atoms. The van der Waals surface area contributed by atoms with E-state index in [1.165, 1.54) is 5.56 Å². The molecule has 112 valence electrons. The van der Waals surface area contributed by atoms with Crippen LogP contribution in [0, 0.1) is 5.41 Å². The van der Waals surface area contributed by atoms with Crippen LogP contribution in [0.5, 0.6) is 0 Å². The summed E-state index contributed by atoms with van der Waals surface area (Å²) in [6.45, 7) is 0. The maximum absolute atomic E-state index is 11.1. The SMILES string of the molecule is NC(=O)OC12CCC(Cc3ccc(C=O)cc3)(CC1)CC2. The molecule has 3 saturated carbocycles. The lowest BCUT2D eigenvalue weighted by Gasteiger charge is -2.52. The van der Waals surface area contributed by atoms with Crippen molar-refractivity contribution in [2.24, 2.45) is 11.1 Å². The number of benzene rings is 1. The van der Waals surface area contributed by atoms with Gasteiger partial charge in [0.05, 0.1) is 0 Å². The number of carbonyl (C=O) groups is 2. The van der Waals surface area contributed by atoms with E-state index in [4.69, 9.17) is 10.5 Å². The molecule has 1 aromatic carbocycles. The molecule has 0 heterocycles. The smallest absolute Gasteiger partial charge is 0.405 e. The fourth-order valence-electron chi connectivity index (χ4n) is 4.01. The summed E-state index contributed by atoms with van der Waals surface area (Å²) < 4.78 is 5.39. The fourth-order valence-corrected chi connectivity index (χ4v) is 4.01. The Hall–Kier alpha value is -1.84. The van der Waals surface area contributed by atoms with Gasteiger partial charge in [-0.15, -0.1) is 0 Å². The zero-order chi connectivity index (χ0) is 14.9. The molecule has 2 bridgehead atoms. The van der Waals surface area contributed by atoms with Crippen LogP contribution in [0.25, 0.3) is 0 Å². The monoisotopic (exact) mass is 287 g/mol. The number of hydrogen-bond acceptors (Lipinski definition) is 3. The minimum absolute atomic E-state index is 0.297. The third-order valence-electron chi connectivity index (χ3n) is 5.34. The summed E-state index contributed by atoms with van der Waals surface area (Å²) in [6.07, 6.45) is 7.26. The molecule has 4 rings (SSSR count). The molecule has 1 aromatic rings. The van der Waals surface area contributed by atoms with Crippen molar-refractivity contribution in [1.82, 2.24) is 0 Å². The number of rotatable bonds is 4. The van der Waals surface area contributed by atoms with Gasteiger partial charge in [-0.3, -0.25) is 4.79 Å². The van der Waals surface area contributed by atoms with Gasteiger partial charge in [0.1, 0.15) is 11.9 Å². The molecule has 2 N–H and O–H groups in total. The Morgan fingerprint density at radius 3 is 2.14 bits per heavy atom. The van der Waals surface area contributed by atoms with E-state index in [1.807, 2.05) is 12.1 Å². The maximum atomic E-state index is 11.1. The van der Waals surface area contributed by atoms with E-state index in [1.54, 1.807) is 0 Å². The molecule has 0 saturated heterocycles. The second kappa shape index (κ2) is 5.17. The molecule has 3 aliphatic rings. The third-order valence-corrected chi connectivity index (χ3v) is 5.34. The first-order valence-electron chi connectivity index (χ1n) is 7.58. The standard InChI is InChI=1S/C17H21NO3/c18-15(20)21-17-8-5-16(6-9-17,7-10-17)11-13-1-3-14(12-19)4-2-13/h1-4,12H,5-11H2,(H2,18,20). The molecule has 3 fully saturated rings. The molecule has 0 aliphatic heterocycles. The van der Waals surface area contributed by atoms with Gasteiger partial charge in [0.25, 0.3) is 0 Å². The highest BCUT2D eigenvalue weighted by Gasteiger charge is 2.50. The van der Waals surface area contributed by atoms with Crippen LogP contribution in [0.4, 0.5) is 4.79 Å². The third kappa shape index (κ3) is 2.80. The first-order chi connectivity index (χ1) is 10.0. The highest BCUT2D eigenvalue weighted by atomic mass is 16.6. The fraction of sp³-hybridized carbons (Fsp3) is 0.529. The van der Waals surface area contributed by atoms with Crippen LogP contribution in [0.3, 0.4) is 0 Å². The molecular weight excluding hydrogens is 266 g/mol. The topological polar surface area (TPSA) is 69.4 Å². The predicted molar refractivity (Wildman–Crippen MR) is 79.1 cm³/mol. The first kappa shape index (κ1) is 14.1. The number of ether oxygens (including phenoxy) is 1. The predicted octanol–water partition coefficient (Wildman–Crippen LogP) is 3.23. The first-order valence-corrected chi connectivity index (χ1v) is 7.58. The number of fused-ring (bicyclic) bond motifs is 3. The van der Waals surface area contributed by atoms with E-state index >= 15 is 0 Å². The normalized spacial score (nSPS) is 30.9.